The van der Waals surface area contributed by atoms with E-state index in [1.807, 2.05) is 19.9 Å². The Labute approximate surface area is 148 Å². The smallest absolute Gasteiger partial charge is 1.00 e. The molecule has 2 N–H and O–H groups in total. The van der Waals surface area contributed by atoms with Crippen molar-refractivity contribution in [3.05, 3.63) is 12.7 Å². The molecule has 0 saturated heterocycles. The van der Waals surface area contributed by atoms with E-state index in [1.54, 1.807) is 0 Å². The van der Waals surface area contributed by atoms with Crippen molar-refractivity contribution in [1.82, 2.24) is 0 Å². The summed E-state index contributed by atoms with van der Waals surface area (Å²) in [5.74, 6) is -0.123. The van der Waals surface area contributed by atoms with E-state index in [2.05, 4.69) is 6.58 Å². The summed E-state index contributed by atoms with van der Waals surface area (Å²) >= 11 is 0. The van der Waals surface area contributed by atoms with Crippen molar-refractivity contribution in [1.29, 1.82) is 0 Å². The number of ether oxygens (including phenoxy) is 1. The third-order valence-corrected chi connectivity index (χ3v) is 3.29. The summed E-state index contributed by atoms with van der Waals surface area (Å²) < 4.78 is 5.15. The second-order valence-electron chi connectivity index (χ2n) is 5.49. The van der Waals surface area contributed by atoms with Gasteiger partial charge in [0.2, 0.25) is 0 Å². The molecule has 0 aromatic heterocycles. The van der Waals surface area contributed by atoms with Crippen LogP contribution in [0.15, 0.2) is 12.7 Å². The van der Waals surface area contributed by atoms with Gasteiger partial charge in [0.25, 0.3) is 0 Å². The molecule has 4 heteroatoms. The zero-order chi connectivity index (χ0) is 14.5. The molecule has 0 aromatic carbocycles. The Hall–Kier alpha value is 0.170. The molecule has 0 bridgehead atoms. The Morgan fingerprint density at radius 2 is 1.65 bits per heavy atom. The molecule has 0 unspecified atom stereocenters. The average Bonchev–Trinajstić information content (AvgIpc) is 2.39. The van der Waals surface area contributed by atoms with Crippen LogP contribution in [0, 0.1) is 5.92 Å². The van der Waals surface area contributed by atoms with E-state index in [-0.39, 0.29) is 42.9 Å². The maximum Gasteiger partial charge on any atom is 1.00 e. The summed E-state index contributed by atoms with van der Waals surface area (Å²) in [5, 5.41) is 0. The number of hydrogen-bond donors (Lipinski definition) is 1. The molecular weight excluding hydrogens is 261 g/mol. The van der Waals surface area contributed by atoms with E-state index in [4.69, 9.17) is 10.5 Å². The summed E-state index contributed by atoms with van der Waals surface area (Å²) in [6, 6.07) is -0.482. The van der Waals surface area contributed by atoms with E-state index < -0.39 is 6.04 Å². The van der Waals surface area contributed by atoms with Gasteiger partial charge in [0, 0.05) is 0 Å². The minimum Gasteiger partial charge on any atom is -1.00 e. The number of carbonyl (C=O) groups is 1. The fourth-order valence-corrected chi connectivity index (χ4v) is 1.82. The molecule has 114 valence electrons. The van der Waals surface area contributed by atoms with Crippen LogP contribution in [0.4, 0.5) is 0 Å². The minimum absolute atomic E-state index is 0. The van der Waals surface area contributed by atoms with Crippen LogP contribution >= 0.6 is 0 Å². The molecule has 0 aliphatic rings. The van der Waals surface area contributed by atoms with Crippen LogP contribution in [0.25, 0.3) is 0 Å². The van der Waals surface area contributed by atoms with E-state index in [9.17, 15) is 4.79 Å². The molecule has 0 heterocycles. The average molecular weight is 293 g/mol. The van der Waals surface area contributed by atoms with Gasteiger partial charge in [0.15, 0.2) is 0 Å². The number of rotatable bonds is 12. The SMILES string of the molecule is C=CCCCCCCCCCOC(=O)[C@@H](N)C(C)C.[H-].[Na+]. The number of carbonyl (C=O) groups excluding carboxylic acids is 1. The molecule has 0 rings (SSSR count). The van der Waals surface area contributed by atoms with Crippen LogP contribution in [-0.2, 0) is 9.53 Å². The van der Waals surface area contributed by atoms with E-state index in [0.29, 0.717) is 6.61 Å². The predicted octanol–water partition coefficient (Wildman–Crippen LogP) is 0.936. The fraction of sp³-hybridized carbons (Fsp3) is 0.812. The molecule has 20 heavy (non-hydrogen) atoms. The standard InChI is InChI=1S/C16H31NO2.Na.H/c1-4-5-6-7-8-9-10-11-12-13-19-16(18)15(17)14(2)3;;/h4,14-15H,1,5-13,17H2,2-3H3;;/q;+1;-1/t15-;;/m0../s1. The van der Waals surface area contributed by atoms with E-state index in [0.717, 1.165) is 19.3 Å². The molecular formula is C16H32NNaO2. The van der Waals surface area contributed by atoms with Gasteiger partial charge < -0.3 is 11.9 Å². The van der Waals surface area contributed by atoms with Gasteiger partial charge in [-0.2, -0.15) is 0 Å². The predicted molar refractivity (Wildman–Crippen MR) is 82.0 cm³/mol. The maximum absolute atomic E-state index is 11.5. The number of esters is 1. The van der Waals surface area contributed by atoms with Gasteiger partial charge in [-0.05, 0) is 25.2 Å². The van der Waals surface area contributed by atoms with Crippen molar-refractivity contribution >= 4 is 5.97 Å². The van der Waals surface area contributed by atoms with E-state index in [1.165, 1.54) is 32.1 Å². The van der Waals surface area contributed by atoms with Crippen molar-refractivity contribution in [2.75, 3.05) is 6.61 Å². The molecule has 0 spiro atoms. The number of allylic oxidation sites excluding steroid dienone is 1. The second kappa shape index (κ2) is 15.6. The monoisotopic (exact) mass is 293 g/mol. The Morgan fingerprint density at radius 3 is 2.15 bits per heavy atom. The molecule has 0 aliphatic heterocycles. The normalized spacial score (nSPS) is 11.8. The van der Waals surface area contributed by atoms with Crippen molar-refractivity contribution in [2.24, 2.45) is 11.7 Å². The largest absolute Gasteiger partial charge is 1.00 e. The summed E-state index contributed by atoms with van der Waals surface area (Å²) in [6.45, 7) is 8.08. The molecule has 0 saturated carbocycles. The van der Waals surface area contributed by atoms with Crippen molar-refractivity contribution in [3.63, 3.8) is 0 Å². The second-order valence-corrected chi connectivity index (χ2v) is 5.49. The van der Waals surface area contributed by atoms with Crippen molar-refractivity contribution < 1.29 is 40.5 Å². The molecule has 0 radical (unpaired) electrons. The molecule has 3 nitrogen and oxygen atoms in total. The Morgan fingerprint density at radius 1 is 1.15 bits per heavy atom. The Bertz CT molecular complexity index is 250. The fourth-order valence-electron chi connectivity index (χ4n) is 1.82. The Kier molecular flexibility index (Phi) is 17.5. The zero-order valence-corrected chi connectivity index (χ0v) is 15.7. The third kappa shape index (κ3) is 13.2. The van der Waals surface area contributed by atoms with Crippen LogP contribution in [0.1, 0.15) is 66.6 Å². The van der Waals surface area contributed by atoms with Crippen LogP contribution in [0.3, 0.4) is 0 Å². The van der Waals surface area contributed by atoms with E-state index >= 15 is 0 Å². The van der Waals surface area contributed by atoms with Gasteiger partial charge in [-0.1, -0.05) is 52.0 Å². The molecule has 0 aromatic rings. The van der Waals surface area contributed by atoms with Gasteiger partial charge in [0.05, 0.1) is 6.61 Å². The zero-order valence-electron chi connectivity index (χ0n) is 14.7. The first-order valence-corrected chi connectivity index (χ1v) is 7.62. The van der Waals surface area contributed by atoms with Gasteiger partial charge in [-0.15, -0.1) is 6.58 Å². The topological polar surface area (TPSA) is 52.3 Å². The van der Waals surface area contributed by atoms with Gasteiger partial charge in [0.1, 0.15) is 6.04 Å². The molecule has 1 atom stereocenters. The van der Waals surface area contributed by atoms with Gasteiger partial charge in [-0.25, -0.2) is 0 Å². The first-order valence-electron chi connectivity index (χ1n) is 7.62. The maximum atomic E-state index is 11.5. The molecule has 0 amide bonds. The summed E-state index contributed by atoms with van der Waals surface area (Å²) in [4.78, 5) is 11.5. The van der Waals surface area contributed by atoms with Crippen LogP contribution < -0.4 is 35.3 Å². The van der Waals surface area contributed by atoms with Gasteiger partial charge >= 0.3 is 35.5 Å². The first kappa shape index (κ1) is 22.5. The quantitative estimate of drug-likeness (QED) is 0.252. The van der Waals surface area contributed by atoms with Crippen molar-refractivity contribution in [2.45, 2.75) is 71.3 Å². The Balaban J connectivity index is -0.00000162. The molecule has 0 fully saturated rings. The number of nitrogens with two attached hydrogens (primary N) is 1. The summed E-state index contributed by atoms with van der Waals surface area (Å²) in [5.41, 5.74) is 5.70. The van der Waals surface area contributed by atoms with Crippen LogP contribution in [-0.4, -0.2) is 18.6 Å². The van der Waals surface area contributed by atoms with Crippen LogP contribution in [0.2, 0.25) is 0 Å². The number of hydrogen-bond acceptors (Lipinski definition) is 3. The molecule has 0 aliphatic carbocycles. The minimum atomic E-state index is -0.482. The third-order valence-electron chi connectivity index (χ3n) is 3.29. The number of unbranched alkanes of at least 4 members (excludes halogenated alkanes) is 7. The first-order chi connectivity index (χ1) is 9.09. The summed E-state index contributed by atoms with van der Waals surface area (Å²) in [6.07, 6.45) is 11.5. The van der Waals surface area contributed by atoms with Crippen molar-refractivity contribution in [3.8, 4) is 0 Å². The van der Waals surface area contributed by atoms with Gasteiger partial charge in [-0.3, -0.25) is 4.79 Å². The summed E-state index contributed by atoms with van der Waals surface area (Å²) in [7, 11) is 0. The van der Waals surface area contributed by atoms with Crippen LogP contribution in [0.5, 0.6) is 0 Å².